The molecule has 33 heavy (non-hydrogen) atoms. The number of nitrogens with zero attached hydrogens (tertiary/aromatic N) is 1. The van der Waals surface area contributed by atoms with Gasteiger partial charge in [-0.1, -0.05) is 35.1 Å². The predicted octanol–water partition coefficient (Wildman–Crippen LogP) is 5.56. The van der Waals surface area contributed by atoms with Crippen molar-refractivity contribution in [3.05, 3.63) is 73.7 Å². The topological polar surface area (TPSA) is 71.3 Å². The number of thiazole rings is 1. The second kappa shape index (κ2) is 8.22. The van der Waals surface area contributed by atoms with Gasteiger partial charge in [-0.2, -0.15) is 0 Å². The van der Waals surface area contributed by atoms with Crippen LogP contribution in [-0.2, 0) is 11.3 Å². The summed E-state index contributed by atoms with van der Waals surface area (Å²) >= 11 is 9.29. The summed E-state index contributed by atoms with van der Waals surface area (Å²) in [7, 11) is 0. The Morgan fingerprint density at radius 1 is 1.09 bits per heavy atom. The second-order valence-electron chi connectivity index (χ2n) is 9.24. The van der Waals surface area contributed by atoms with Crippen molar-refractivity contribution in [3.63, 3.8) is 0 Å². The number of nitrogens with one attached hydrogen (secondary N) is 1. The minimum Gasteiger partial charge on any atom is -0.508 e. The maximum atomic E-state index is 13.1. The summed E-state index contributed by atoms with van der Waals surface area (Å²) < 4.78 is 1.66. The summed E-state index contributed by atoms with van der Waals surface area (Å²) in [5, 5.41) is 14.4. The Labute approximate surface area is 204 Å². The molecule has 8 heteroatoms. The monoisotopic (exact) mass is 498 g/mol. The lowest BCUT2D eigenvalue weighted by atomic mass is 9.75. The lowest BCUT2D eigenvalue weighted by Gasteiger charge is -2.40. The van der Waals surface area contributed by atoms with Gasteiger partial charge in [-0.15, -0.1) is 11.8 Å². The number of aromatic hydroxyl groups is 1. The smallest absolute Gasteiger partial charge is 0.308 e. The SMILES string of the molecule is O=C(Cn1c2c(sc1=O)C(c1ccc(Cl)cc1)C1C3CCC(C3)C1S2)Nc1ccc(O)cc1. The molecule has 2 bridgehead atoms. The molecule has 0 saturated heterocycles. The molecule has 0 radical (unpaired) electrons. The molecule has 3 aromatic rings. The number of anilines is 1. The van der Waals surface area contributed by atoms with Gasteiger partial charge >= 0.3 is 4.87 Å². The van der Waals surface area contributed by atoms with Crippen LogP contribution in [-0.4, -0.2) is 20.8 Å². The van der Waals surface area contributed by atoms with Crippen molar-refractivity contribution in [1.82, 2.24) is 4.57 Å². The summed E-state index contributed by atoms with van der Waals surface area (Å²) in [6.45, 7) is -0.0165. The number of thioether (sulfide) groups is 1. The Morgan fingerprint density at radius 2 is 1.82 bits per heavy atom. The van der Waals surface area contributed by atoms with Gasteiger partial charge in [0.05, 0.1) is 5.03 Å². The van der Waals surface area contributed by atoms with Crippen molar-refractivity contribution in [3.8, 4) is 5.75 Å². The van der Waals surface area contributed by atoms with Crippen molar-refractivity contribution in [2.45, 2.75) is 42.0 Å². The average Bonchev–Trinajstić information content (AvgIpc) is 3.49. The number of rotatable bonds is 4. The van der Waals surface area contributed by atoms with E-state index in [4.69, 9.17) is 11.6 Å². The number of benzene rings is 2. The van der Waals surface area contributed by atoms with Crippen LogP contribution in [0.5, 0.6) is 5.75 Å². The summed E-state index contributed by atoms with van der Waals surface area (Å²) in [4.78, 5) is 26.9. The Balaban J connectivity index is 1.36. The van der Waals surface area contributed by atoms with Crippen LogP contribution in [0.25, 0.3) is 0 Å². The van der Waals surface area contributed by atoms with Crippen LogP contribution in [0.4, 0.5) is 5.69 Å². The maximum absolute atomic E-state index is 13.1. The summed E-state index contributed by atoms with van der Waals surface area (Å²) in [6.07, 6.45) is 3.81. The van der Waals surface area contributed by atoms with Gasteiger partial charge in [-0.05, 0) is 79.0 Å². The molecule has 170 valence electrons. The largest absolute Gasteiger partial charge is 0.508 e. The molecule has 3 aliphatic rings. The normalized spacial score (nSPS) is 27.2. The van der Waals surface area contributed by atoms with E-state index in [-0.39, 0.29) is 29.0 Å². The summed E-state index contributed by atoms with van der Waals surface area (Å²) in [6, 6.07) is 14.4. The fraction of sp³-hybridized carbons (Fsp3) is 0.360. The quantitative estimate of drug-likeness (QED) is 0.462. The van der Waals surface area contributed by atoms with E-state index in [1.54, 1.807) is 16.7 Å². The molecule has 5 nitrogen and oxygen atoms in total. The van der Waals surface area contributed by atoms with Crippen LogP contribution in [0, 0.1) is 17.8 Å². The van der Waals surface area contributed by atoms with Gasteiger partial charge in [0.15, 0.2) is 0 Å². The molecular formula is C25H23ClN2O3S2. The highest BCUT2D eigenvalue weighted by atomic mass is 35.5. The first-order valence-electron chi connectivity index (χ1n) is 11.2. The Hall–Kier alpha value is -2.22. The van der Waals surface area contributed by atoms with Crippen molar-refractivity contribution in [1.29, 1.82) is 0 Å². The summed E-state index contributed by atoms with van der Waals surface area (Å²) in [5.74, 6) is 1.98. The van der Waals surface area contributed by atoms with E-state index in [1.807, 2.05) is 23.9 Å². The lowest BCUT2D eigenvalue weighted by Crippen LogP contribution is -2.34. The Morgan fingerprint density at radius 3 is 2.58 bits per heavy atom. The van der Waals surface area contributed by atoms with Gasteiger partial charge < -0.3 is 10.4 Å². The van der Waals surface area contributed by atoms with Crippen LogP contribution >= 0.6 is 34.7 Å². The van der Waals surface area contributed by atoms with Crippen molar-refractivity contribution in [2.75, 3.05) is 5.32 Å². The molecule has 2 N–H and O–H groups in total. The molecule has 2 fully saturated rings. The van der Waals surface area contributed by atoms with Crippen LogP contribution in [0.1, 0.15) is 35.6 Å². The molecular weight excluding hydrogens is 476 g/mol. The standard InChI is InChI=1S/C25H23ClN2O3S2/c26-16-5-3-13(4-6-16)20-21-14-1-2-15(11-14)22(21)32-24-23(20)33-25(31)28(24)12-19(30)27-17-7-9-18(29)10-8-17/h3-10,14-15,20-22,29H,1-2,11-12H2,(H,27,30). The van der Waals surface area contributed by atoms with Crippen LogP contribution in [0.15, 0.2) is 58.4 Å². The number of phenolic OH excluding ortho intramolecular Hbond substituents is 1. The minimum absolute atomic E-state index is 0.0165. The van der Waals surface area contributed by atoms with Gasteiger partial charge in [0, 0.05) is 26.8 Å². The maximum Gasteiger partial charge on any atom is 0.308 e. The second-order valence-corrected chi connectivity index (χ2v) is 11.8. The van der Waals surface area contributed by atoms with E-state index in [2.05, 4.69) is 17.4 Å². The first-order chi connectivity index (χ1) is 16.0. The molecule has 5 atom stereocenters. The zero-order valence-corrected chi connectivity index (χ0v) is 20.1. The molecule has 6 rings (SSSR count). The number of phenols is 1. The zero-order chi connectivity index (χ0) is 22.7. The fourth-order valence-electron chi connectivity index (χ4n) is 6.02. The predicted molar refractivity (Wildman–Crippen MR) is 133 cm³/mol. The average molecular weight is 499 g/mol. The Bertz CT molecular complexity index is 1270. The molecule has 2 saturated carbocycles. The van der Waals surface area contributed by atoms with Gasteiger partial charge in [0.1, 0.15) is 12.3 Å². The minimum atomic E-state index is -0.248. The van der Waals surface area contributed by atoms with Crippen LogP contribution < -0.4 is 10.2 Å². The number of carbonyl (C=O) groups is 1. The van der Waals surface area contributed by atoms with E-state index in [9.17, 15) is 14.7 Å². The van der Waals surface area contributed by atoms with Gasteiger partial charge in [0.25, 0.3) is 0 Å². The number of carbonyl (C=O) groups excluding carboxylic acids is 1. The van der Waals surface area contributed by atoms with E-state index in [0.717, 1.165) is 9.90 Å². The molecule has 5 unspecified atom stereocenters. The first-order valence-corrected chi connectivity index (χ1v) is 13.3. The number of fused-ring (bicyclic) bond motifs is 6. The molecule has 2 aliphatic carbocycles. The highest BCUT2D eigenvalue weighted by Gasteiger charge is 2.55. The molecule has 2 heterocycles. The number of hydrogen-bond donors (Lipinski definition) is 2. The highest BCUT2D eigenvalue weighted by Crippen LogP contribution is 2.64. The Kier molecular flexibility index (Phi) is 5.31. The van der Waals surface area contributed by atoms with E-state index in [1.165, 1.54) is 48.3 Å². The molecule has 1 aliphatic heterocycles. The van der Waals surface area contributed by atoms with E-state index >= 15 is 0 Å². The number of halogens is 1. The fourth-order valence-corrected chi connectivity index (χ4v) is 9.30. The third-order valence-electron chi connectivity index (χ3n) is 7.37. The van der Waals surface area contributed by atoms with Gasteiger partial charge in [0.2, 0.25) is 5.91 Å². The van der Waals surface area contributed by atoms with Crippen LogP contribution in [0.2, 0.25) is 5.02 Å². The zero-order valence-electron chi connectivity index (χ0n) is 17.7. The molecule has 0 spiro atoms. The van der Waals surface area contributed by atoms with E-state index in [0.29, 0.717) is 33.7 Å². The van der Waals surface area contributed by atoms with Gasteiger partial charge in [-0.25, -0.2) is 0 Å². The third-order valence-corrected chi connectivity index (χ3v) is 10.5. The van der Waals surface area contributed by atoms with Gasteiger partial charge in [-0.3, -0.25) is 14.2 Å². The first kappa shape index (κ1) is 21.3. The van der Waals surface area contributed by atoms with Crippen molar-refractivity contribution < 1.29 is 9.90 Å². The molecule has 2 aromatic carbocycles. The lowest BCUT2D eigenvalue weighted by molar-refractivity contribution is -0.116. The number of hydrogen-bond acceptors (Lipinski definition) is 5. The van der Waals surface area contributed by atoms with Crippen LogP contribution in [0.3, 0.4) is 0 Å². The molecule has 1 aromatic heterocycles. The van der Waals surface area contributed by atoms with Crippen molar-refractivity contribution in [2.24, 2.45) is 17.8 Å². The number of aromatic nitrogens is 1. The third kappa shape index (κ3) is 3.70. The summed E-state index contributed by atoms with van der Waals surface area (Å²) in [5.41, 5.74) is 1.81. The molecule has 1 amide bonds. The highest BCUT2D eigenvalue weighted by molar-refractivity contribution is 8.00. The number of amides is 1. The van der Waals surface area contributed by atoms with Crippen molar-refractivity contribution >= 4 is 46.3 Å². The van der Waals surface area contributed by atoms with E-state index < -0.39 is 0 Å².